The molecule has 1 saturated heterocycles. The van der Waals surface area contributed by atoms with Gasteiger partial charge in [0.15, 0.2) is 0 Å². The number of rotatable bonds is 7. The number of carbonyl (C=O) groups is 4. The van der Waals surface area contributed by atoms with Crippen LogP contribution in [0.15, 0.2) is 0 Å². The average molecular weight is 332 g/mol. The van der Waals surface area contributed by atoms with Crippen LogP contribution < -0.4 is 11.1 Å². The van der Waals surface area contributed by atoms with Crippen LogP contribution in [0.2, 0.25) is 0 Å². The van der Waals surface area contributed by atoms with Crippen molar-refractivity contribution in [2.45, 2.75) is 37.8 Å². The molecule has 0 aromatic rings. The van der Waals surface area contributed by atoms with Crippen molar-refractivity contribution in [3.05, 3.63) is 0 Å². The van der Waals surface area contributed by atoms with Gasteiger partial charge in [0.1, 0.15) is 17.9 Å². The van der Waals surface area contributed by atoms with Gasteiger partial charge in [-0.2, -0.15) is 11.8 Å². The Morgan fingerprint density at radius 1 is 1.36 bits per heavy atom. The van der Waals surface area contributed by atoms with Crippen LogP contribution in [0.5, 0.6) is 0 Å². The Morgan fingerprint density at radius 3 is 2.64 bits per heavy atom. The Balaban J connectivity index is 2.51. The lowest BCUT2D eigenvalue weighted by Gasteiger charge is -2.23. The number of aliphatic carboxylic acids is 2. The second-order valence-corrected chi connectivity index (χ2v) is 6.34. The smallest absolute Gasteiger partial charge is 0.326 e. The molecular weight excluding hydrogens is 312 g/mol. The Morgan fingerprint density at radius 2 is 2.05 bits per heavy atom. The summed E-state index contributed by atoms with van der Waals surface area (Å²) in [7, 11) is 0. The fourth-order valence-corrected chi connectivity index (χ4v) is 3.14. The number of ketones is 1. The first-order valence-corrected chi connectivity index (χ1v) is 8.07. The molecule has 124 valence electrons. The van der Waals surface area contributed by atoms with E-state index in [1.165, 1.54) is 11.8 Å². The quantitative estimate of drug-likeness (QED) is 0.486. The maximum atomic E-state index is 12.0. The molecule has 0 aromatic heterocycles. The van der Waals surface area contributed by atoms with Crippen LogP contribution in [0.1, 0.15) is 25.7 Å². The van der Waals surface area contributed by atoms with Gasteiger partial charge in [0.05, 0.1) is 5.92 Å². The summed E-state index contributed by atoms with van der Waals surface area (Å²) in [6.07, 6.45) is 0.328. The van der Waals surface area contributed by atoms with Gasteiger partial charge in [0.25, 0.3) is 0 Å². The van der Waals surface area contributed by atoms with Gasteiger partial charge < -0.3 is 21.3 Å². The van der Waals surface area contributed by atoms with Crippen LogP contribution in [0.25, 0.3) is 0 Å². The highest BCUT2D eigenvalue weighted by Crippen LogP contribution is 2.19. The normalized spacial score (nSPS) is 23.8. The van der Waals surface area contributed by atoms with Crippen LogP contribution in [0, 0.1) is 5.92 Å². The number of thioether (sulfide) groups is 1. The van der Waals surface area contributed by atoms with Crippen LogP contribution in [-0.4, -0.2) is 57.4 Å². The summed E-state index contributed by atoms with van der Waals surface area (Å²) >= 11 is 1.44. The summed E-state index contributed by atoms with van der Waals surface area (Å²) in [6, 6.07) is -2.03. The molecule has 1 aliphatic heterocycles. The Hall–Kier alpha value is -1.61. The van der Waals surface area contributed by atoms with E-state index >= 15 is 0 Å². The molecule has 1 unspecified atom stereocenters. The minimum Gasteiger partial charge on any atom is -0.480 e. The van der Waals surface area contributed by atoms with Crippen molar-refractivity contribution >= 4 is 35.4 Å². The molecule has 1 aliphatic rings. The van der Waals surface area contributed by atoms with E-state index in [-0.39, 0.29) is 25.0 Å². The van der Waals surface area contributed by atoms with E-state index in [9.17, 15) is 19.2 Å². The monoisotopic (exact) mass is 332 g/mol. The summed E-state index contributed by atoms with van der Waals surface area (Å²) in [4.78, 5) is 45.4. The van der Waals surface area contributed by atoms with Crippen LogP contribution >= 0.6 is 11.8 Å². The van der Waals surface area contributed by atoms with Crippen molar-refractivity contribution in [3.8, 4) is 0 Å². The van der Waals surface area contributed by atoms with E-state index in [0.717, 1.165) is 0 Å². The second kappa shape index (κ2) is 8.74. The molecule has 0 aliphatic carbocycles. The zero-order valence-corrected chi connectivity index (χ0v) is 12.8. The van der Waals surface area contributed by atoms with Gasteiger partial charge in [-0.05, 0) is 18.6 Å². The molecule has 8 nitrogen and oxygen atoms in total. The molecular formula is C13H20N2O6S. The van der Waals surface area contributed by atoms with E-state index < -0.39 is 35.8 Å². The predicted octanol–water partition coefficient (Wildman–Crippen LogP) is -0.540. The van der Waals surface area contributed by atoms with Crippen molar-refractivity contribution < 1.29 is 29.4 Å². The van der Waals surface area contributed by atoms with E-state index in [1.54, 1.807) is 0 Å². The number of Topliss-reactive ketones (excluding diaryl/α,β-unsaturated/α-hetero) is 1. The van der Waals surface area contributed by atoms with Gasteiger partial charge in [0, 0.05) is 18.6 Å². The van der Waals surface area contributed by atoms with E-state index in [0.29, 0.717) is 17.9 Å². The number of amides is 1. The van der Waals surface area contributed by atoms with Crippen molar-refractivity contribution in [1.82, 2.24) is 5.32 Å². The van der Waals surface area contributed by atoms with E-state index in [4.69, 9.17) is 15.9 Å². The van der Waals surface area contributed by atoms with Crippen LogP contribution in [-0.2, 0) is 19.2 Å². The highest BCUT2D eigenvalue weighted by Gasteiger charge is 2.29. The SMILES string of the molecule is N[C@@H](CCC(=O)C[C@H]1CSCCC(C(=O)O)NC1=O)C(=O)O. The molecule has 1 fully saturated rings. The Bertz CT molecular complexity index is 456. The number of nitrogens with two attached hydrogens (primary N) is 1. The lowest BCUT2D eigenvalue weighted by Crippen LogP contribution is -2.46. The standard InChI is InChI=1S/C13H20N2O6S/c14-9(12(18)19)2-1-8(16)5-7-6-22-4-3-10(13(20)21)15-11(7)17/h7,9-10H,1-6,14H2,(H,15,17)(H,18,19)(H,20,21)/t7-,9-,10?/m0/s1. The molecule has 5 N–H and O–H groups in total. The molecule has 0 aromatic carbocycles. The van der Waals surface area contributed by atoms with Gasteiger partial charge in [-0.25, -0.2) is 4.79 Å². The number of hydrogen-bond donors (Lipinski definition) is 4. The van der Waals surface area contributed by atoms with Crippen molar-refractivity contribution in [2.24, 2.45) is 11.7 Å². The first-order chi connectivity index (χ1) is 10.3. The number of carbonyl (C=O) groups excluding carboxylic acids is 2. The summed E-state index contributed by atoms with van der Waals surface area (Å²) in [5.74, 6) is -2.52. The molecule has 0 bridgehead atoms. The van der Waals surface area contributed by atoms with Gasteiger partial charge in [-0.3, -0.25) is 14.4 Å². The first-order valence-electron chi connectivity index (χ1n) is 6.92. The molecule has 22 heavy (non-hydrogen) atoms. The minimum atomic E-state index is -1.17. The van der Waals surface area contributed by atoms with Crippen molar-refractivity contribution in [3.63, 3.8) is 0 Å². The van der Waals surface area contributed by atoms with Crippen LogP contribution in [0.4, 0.5) is 0 Å². The minimum absolute atomic E-state index is 0.00965. The number of nitrogens with one attached hydrogen (secondary N) is 1. The molecule has 0 spiro atoms. The highest BCUT2D eigenvalue weighted by molar-refractivity contribution is 7.99. The molecule has 1 amide bonds. The average Bonchev–Trinajstić information content (AvgIpc) is 2.43. The van der Waals surface area contributed by atoms with Crippen molar-refractivity contribution in [1.29, 1.82) is 0 Å². The van der Waals surface area contributed by atoms with Gasteiger partial charge >= 0.3 is 11.9 Å². The van der Waals surface area contributed by atoms with Crippen LogP contribution in [0.3, 0.4) is 0 Å². The topological polar surface area (TPSA) is 147 Å². The molecule has 1 rings (SSSR count). The Labute approximate surface area is 131 Å². The second-order valence-electron chi connectivity index (χ2n) is 5.19. The summed E-state index contributed by atoms with van der Waals surface area (Å²) < 4.78 is 0. The summed E-state index contributed by atoms with van der Waals surface area (Å²) in [5.41, 5.74) is 5.32. The number of carboxylic acids is 2. The molecule has 3 atom stereocenters. The van der Waals surface area contributed by atoms with Gasteiger partial charge in [-0.1, -0.05) is 0 Å². The summed E-state index contributed by atoms with van der Waals surface area (Å²) in [5, 5.41) is 20.1. The summed E-state index contributed by atoms with van der Waals surface area (Å²) in [6.45, 7) is 0. The van der Waals surface area contributed by atoms with Gasteiger partial charge in [-0.15, -0.1) is 0 Å². The van der Waals surface area contributed by atoms with E-state index in [2.05, 4.69) is 5.32 Å². The van der Waals surface area contributed by atoms with Crippen molar-refractivity contribution in [2.75, 3.05) is 11.5 Å². The molecule has 9 heteroatoms. The number of carboxylic acid groups (broad SMARTS) is 2. The van der Waals surface area contributed by atoms with E-state index in [1.807, 2.05) is 0 Å². The third-order valence-electron chi connectivity index (χ3n) is 3.38. The molecule has 0 radical (unpaired) electrons. The lowest BCUT2D eigenvalue weighted by molar-refractivity contribution is -0.142. The lowest BCUT2D eigenvalue weighted by atomic mass is 9.98. The third kappa shape index (κ3) is 6.02. The predicted molar refractivity (Wildman–Crippen MR) is 79.5 cm³/mol. The number of hydrogen-bond acceptors (Lipinski definition) is 6. The maximum Gasteiger partial charge on any atom is 0.326 e. The zero-order valence-electron chi connectivity index (χ0n) is 12.0. The third-order valence-corrected chi connectivity index (χ3v) is 4.54. The molecule has 1 heterocycles. The highest BCUT2D eigenvalue weighted by atomic mass is 32.2. The maximum absolute atomic E-state index is 12.0. The fraction of sp³-hybridized carbons (Fsp3) is 0.692. The first kappa shape index (κ1) is 18.4. The molecule has 0 saturated carbocycles. The fourth-order valence-electron chi connectivity index (χ4n) is 2.02. The Kier molecular flexibility index (Phi) is 7.33. The van der Waals surface area contributed by atoms with Gasteiger partial charge in [0.2, 0.25) is 5.91 Å². The largest absolute Gasteiger partial charge is 0.480 e. The zero-order chi connectivity index (χ0) is 16.7.